The van der Waals surface area contributed by atoms with Crippen molar-refractivity contribution >= 4 is 17.2 Å². The van der Waals surface area contributed by atoms with Gasteiger partial charge in [-0.25, -0.2) is 0 Å². The Morgan fingerprint density at radius 1 is 0.727 bits per heavy atom. The predicted molar refractivity (Wildman–Crippen MR) is 90.2 cm³/mol. The lowest BCUT2D eigenvalue weighted by atomic mass is 10.0. The number of hydrogen-bond donors (Lipinski definition) is 2. The Morgan fingerprint density at radius 3 is 1.45 bits per heavy atom. The molecule has 0 aliphatic heterocycles. The van der Waals surface area contributed by atoms with E-state index in [0.29, 0.717) is 24.3 Å². The standard InChI is InChI=1S/C17H32N2O3/c1-3-5-7-9-11-15(18-21)13-17(20)14-16(19-22)12-10-8-6-4-2/h21-22H,3-14H2,1-2H3. The van der Waals surface area contributed by atoms with Crippen LogP contribution in [0.3, 0.4) is 0 Å². The lowest BCUT2D eigenvalue weighted by Crippen LogP contribution is -2.13. The summed E-state index contributed by atoms with van der Waals surface area (Å²) in [6, 6.07) is 0. The first kappa shape index (κ1) is 20.6. The maximum Gasteiger partial charge on any atom is 0.144 e. The number of carbonyl (C=O) groups excluding carboxylic acids is 1. The molecule has 128 valence electrons. The van der Waals surface area contributed by atoms with Crippen molar-refractivity contribution in [2.45, 2.75) is 90.9 Å². The first-order valence-electron chi connectivity index (χ1n) is 8.59. The molecule has 5 heteroatoms. The summed E-state index contributed by atoms with van der Waals surface area (Å²) >= 11 is 0. The summed E-state index contributed by atoms with van der Waals surface area (Å²) in [5, 5.41) is 24.4. The molecule has 0 aliphatic rings. The average molecular weight is 312 g/mol. The summed E-state index contributed by atoms with van der Waals surface area (Å²) in [4.78, 5) is 12.0. The number of rotatable bonds is 14. The first-order valence-corrected chi connectivity index (χ1v) is 8.59. The minimum atomic E-state index is -0.0495. The monoisotopic (exact) mass is 312 g/mol. The van der Waals surface area contributed by atoms with E-state index in [-0.39, 0.29) is 18.6 Å². The molecular formula is C17H32N2O3. The number of unbranched alkanes of at least 4 members (excludes halogenated alkanes) is 6. The molecule has 0 unspecified atom stereocenters. The van der Waals surface area contributed by atoms with Crippen LogP contribution >= 0.6 is 0 Å². The number of hydrogen-bond acceptors (Lipinski definition) is 5. The molecule has 0 radical (unpaired) electrons. The van der Waals surface area contributed by atoms with Gasteiger partial charge in [0, 0.05) is 12.8 Å². The summed E-state index contributed by atoms with van der Waals surface area (Å²) in [6.45, 7) is 4.28. The predicted octanol–water partition coefficient (Wildman–Crippen LogP) is 4.94. The Labute approximate surface area is 134 Å². The molecule has 2 N–H and O–H groups in total. The van der Waals surface area contributed by atoms with Gasteiger partial charge in [-0.05, 0) is 25.7 Å². The largest absolute Gasteiger partial charge is 0.411 e. The SMILES string of the molecule is CCCCCCC(CC(=O)CC(CCCCCC)=NO)=NO. The van der Waals surface area contributed by atoms with Crippen LogP contribution in [-0.2, 0) is 4.79 Å². The van der Waals surface area contributed by atoms with Gasteiger partial charge in [0.15, 0.2) is 0 Å². The summed E-state index contributed by atoms with van der Waals surface area (Å²) in [7, 11) is 0. The third-order valence-corrected chi connectivity index (χ3v) is 3.72. The third kappa shape index (κ3) is 11.3. The van der Waals surface area contributed by atoms with Gasteiger partial charge in [0.05, 0.1) is 11.4 Å². The molecule has 0 rings (SSSR count). The Bertz CT molecular complexity index is 320. The van der Waals surface area contributed by atoms with E-state index in [2.05, 4.69) is 24.2 Å². The van der Waals surface area contributed by atoms with Crippen molar-refractivity contribution in [2.75, 3.05) is 0 Å². The van der Waals surface area contributed by atoms with Crippen molar-refractivity contribution in [3.63, 3.8) is 0 Å². The van der Waals surface area contributed by atoms with Gasteiger partial charge in [-0.15, -0.1) is 0 Å². The van der Waals surface area contributed by atoms with E-state index in [9.17, 15) is 4.79 Å². The zero-order valence-electron chi connectivity index (χ0n) is 14.2. The molecule has 0 saturated heterocycles. The highest BCUT2D eigenvalue weighted by atomic mass is 16.4. The first-order chi connectivity index (χ1) is 10.7. The lowest BCUT2D eigenvalue weighted by Gasteiger charge is -2.06. The van der Waals surface area contributed by atoms with Crippen LogP contribution in [0.15, 0.2) is 10.3 Å². The Morgan fingerprint density at radius 2 is 1.14 bits per heavy atom. The van der Waals surface area contributed by atoms with Gasteiger partial charge < -0.3 is 10.4 Å². The topological polar surface area (TPSA) is 82.2 Å². The molecule has 0 spiro atoms. The molecule has 0 aromatic rings. The minimum absolute atomic E-state index is 0.0495. The smallest absolute Gasteiger partial charge is 0.144 e. The highest BCUT2D eigenvalue weighted by Crippen LogP contribution is 2.10. The van der Waals surface area contributed by atoms with Gasteiger partial charge in [-0.3, -0.25) is 4.79 Å². The van der Waals surface area contributed by atoms with Crippen molar-refractivity contribution in [1.29, 1.82) is 0 Å². The van der Waals surface area contributed by atoms with Crippen LogP contribution < -0.4 is 0 Å². The number of carbonyl (C=O) groups is 1. The Hall–Kier alpha value is -1.39. The number of nitrogens with zero attached hydrogens (tertiary/aromatic N) is 2. The van der Waals surface area contributed by atoms with E-state index < -0.39 is 0 Å². The van der Waals surface area contributed by atoms with Crippen LogP contribution in [0.4, 0.5) is 0 Å². The summed E-state index contributed by atoms with van der Waals surface area (Å²) in [5.41, 5.74) is 1.06. The fourth-order valence-electron chi connectivity index (χ4n) is 2.38. The Kier molecular flexibility index (Phi) is 13.6. The summed E-state index contributed by atoms with van der Waals surface area (Å²) < 4.78 is 0. The minimum Gasteiger partial charge on any atom is -0.411 e. The van der Waals surface area contributed by atoms with Crippen LogP contribution in [0, 0.1) is 0 Å². The zero-order chi connectivity index (χ0) is 16.6. The normalized spacial score (nSPS) is 12.6. The molecule has 0 saturated carbocycles. The van der Waals surface area contributed by atoms with Crippen molar-refractivity contribution in [2.24, 2.45) is 10.3 Å². The lowest BCUT2D eigenvalue weighted by molar-refractivity contribution is -0.116. The van der Waals surface area contributed by atoms with Crippen molar-refractivity contribution in [3.05, 3.63) is 0 Å². The fourth-order valence-corrected chi connectivity index (χ4v) is 2.38. The molecule has 22 heavy (non-hydrogen) atoms. The molecule has 5 nitrogen and oxygen atoms in total. The maximum absolute atomic E-state index is 12.0. The zero-order valence-corrected chi connectivity index (χ0v) is 14.2. The van der Waals surface area contributed by atoms with E-state index in [1.165, 1.54) is 0 Å². The fraction of sp³-hybridized carbons (Fsp3) is 0.824. The Balaban J connectivity index is 4.05. The summed E-state index contributed by atoms with van der Waals surface area (Å²) in [5.74, 6) is -0.0495. The van der Waals surface area contributed by atoms with Gasteiger partial charge in [0.2, 0.25) is 0 Å². The molecular weight excluding hydrogens is 280 g/mol. The average Bonchev–Trinajstić information content (AvgIpc) is 2.53. The number of Topliss-reactive ketones (excluding diaryl/α,β-unsaturated/α-hetero) is 1. The van der Waals surface area contributed by atoms with Crippen molar-refractivity contribution in [3.8, 4) is 0 Å². The number of ketones is 1. The highest BCUT2D eigenvalue weighted by Gasteiger charge is 2.12. The quantitative estimate of drug-likeness (QED) is 0.206. The van der Waals surface area contributed by atoms with E-state index in [0.717, 1.165) is 51.4 Å². The van der Waals surface area contributed by atoms with Crippen LogP contribution in [0.2, 0.25) is 0 Å². The van der Waals surface area contributed by atoms with E-state index in [1.807, 2.05) is 0 Å². The van der Waals surface area contributed by atoms with Gasteiger partial charge >= 0.3 is 0 Å². The van der Waals surface area contributed by atoms with E-state index in [4.69, 9.17) is 10.4 Å². The molecule has 0 aromatic carbocycles. The molecule has 0 aromatic heterocycles. The van der Waals surface area contributed by atoms with Crippen LogP contribution in [-0.4, -0.2) is 27.6 Å². The van der Waals surface area contributed by atoms with Gasteiger partial charge in [0.25, 0.3) is 0 Å². The highest BCUT2D eigenvalue weighted by molar-refractivity contribution is 6.09. The molecule has 0 aliphatic carbocycles. The molecule has 0 amide bonds. The van der Waals surface area contributed by atoms with Crippen LogP contribution in [0.5, 0.6) is 0 Å². The second-order valence-electron chi connectivity index (χ2n) is 5.85. The summed E-state index contributed by atoms with van der Waals surface area (Å²) in [6.07, 6.45) is 10.3. The van der Waals surface area contributed by atoms with Gasteiger partial charge in [-0.1, -0.05) is 62.7 Å². The third-order valence-electron chi connectivity index (χ3n) is 3.72. The second kappa shape index (κ2) is 14.5. The van der Waals surface area contributed by atoms with Crippen molar-refractivity contribution < 1.29 is 15.2 Å². The number of oxime groups is 2. The van der Waals surface area contributed by atoms with Crippen molar-refractivity contribution in [1.82, 2.24) is 0 Å². The molecule has 0 bridgehead atoms. The maximum atomic E-state index is 12.0. The van der Waals surface area contributed by atoms with E-state index in [1.54, 1.807) is 0 Å². The van der Waals surface area contributed by atoms with Crippen LogP contribution in [0.25, 0.3) is 0 Å². The van der Waals surface area contributed by atoms with Gasteiger partial charge in [0.1, 0.15) is 5.78 Å². The van der Waals surface area contributed by atoms with Crippen LogP contribution in [0.1, 0.15) is 90.9 Å². The van der Waals surface area contributed by atoms with Gasteiger partial charge in [-0.2, -0.15) is 0 Å². The molecule has 0 heterocycles. The second-order valence-corrected chi connectivity index (χ2v) is 5.85. The van der Waals surface area contributed by atoms with E-state index >= 15 is 0 Å². The molecule has 0 fully saturated rings. The molecule has 0 atom stereocenters.